The minimum absolute atomic E-state index is 0.0182. The van der Waals surface area contributed by atoms with Crippen LogP contribution in [-0.4, -0.2) is 59.2 Å². The van der Waals surface area contributed by atoms with Crippen molar-refractivity contribution in [3.8, 4) is 0 Å². The highest BCUT2D eigenvalue weighted by atomic mass is 35.5. The molecule has 2 saturated heterocycles. The van der Waals surface area contributed by atoms with Crippen LogP contribution in [0.1, 0.15) is 60.9 Å². The lowest BCUT2D eigenvalue weighted by Gasteiger charge is -2.43. The molecule has 0 amide bonds. The molecule has 2 N–H and O–H groups in total. The maximum absolute atomic E-state index is 15.3. The van der Waals surface area contributed by atoms with Gasteiger partial charge in [0.1, 0.15) is 6.17 Å². The van der Waals surface area contributed by atoms with Crippen LogP contribution in [0.5, 0.6) is 0 Å². The van der Waals surface area contributed by atoms with Crippen LogP contribution in [0.15, 0.2) is 23.3 Å². The zero-order valence-corrected chi connectivity index (χ0v) is 19.8. The van der Waals surface area contributed by atoms with Crippen LogP contribution in [-0.2, 0) is 4.74 Å². The number of likely N-dealkylation sites (tertiary alicyclic amines) is 1. The number of benzene rings is 1. The van der Waals surface area contributed by atoms with Crippen molar-refractivity contribution < 1.29 is 9.13 Å². The van der Waals surface area contributed by atoms with Crippen molar-refractivity contribution in [2.45, 2.75) is 63.3 Å². The number of nitrogens with zero attached hydrogens (tertiary/aromatic N) is 4. The summed E-state index contributed by atoms with van der Waals surface area (Å²) in [5.41, 5.74) is 5.07. The fourth-order valence-electron chi connectivity index (χ4n) is 5.26. The lowest BCUT2D eigenvalue weighted by atomic mass is 9.83. The van der Waals surface area contributed by atoms with Gasteiger partial charge in [0, 0.05) is 23.7 Å². The number of hydrogen-bond acceptors (Lipinski definition) is 6. The number of anilines is 2. The van der Waals surface area contributed by atoms with Gasteiger partial charge in [-0.3, -0.25) is 4.90 Å². The molecule has 0 bridgehead atoms. The van der Waals surface area contributed by atoms with Gasteiger partial charge in [-0.25, -0.2) is 14.1 Å². The molecule has 1 saturated carbocycles. The zero-order valence-electron chi connectivity index (χ0n) is 19.0. The molecule has 7 nitrogen and oxygen atoms in total. The van der Waals surface area contributed by atoms with E-state index in [0.717, 1.165) is 67.1 Å². The summed E-state index contributed by atoms with van der Waals surface area (Å²) in [6.45, 7) is 7.02. The van der Waals surface area contributed by atoms with Crippen LogP contribution in [0.2, 0.25) is 5.15 Å². The van der Waals surface area contributed by atoms with Gasteiger partial charge < -0.3 is 15.4 Å². The Kier molecular flexibility index (Phi) is 5.35. The SMILES string of the molecule is Cc1cc2c(cc1C1CCN(C3COC3)CC1F)NC(Nc1cnn(C3CC3)c1Cl)=NC2C. The Morgan fingerprint density at radius 2 is 2.00 bits per heavy atom. The van der Waals surface area contributed by atoms with E-state index in [1.807, 2.05) is 4.68 Å². The van der Waals surface area contributed by atoms with Crippen molar-refractivity contribution >= 4 is 28.9 Å². The molecule has 176 valence electrons. The summed E-state index contributed by atoms with van der Waals surface area (Å²) in [5, 5.41) is 11.7. The molecule has 1 aliphatic carbocycles. The van der Waals surface area contributed by atoms with E-state index in [4.69, 9.17) is 21.3 Å². The summed E-state index contributed by atoms with van der Waals surface area (Å²) in [6.07, 6.45) is 3.93. The van der Waals surface area contributed by atoms with Crippen molar-refractivity contribution in [2.24, 2.45) is 4.99 Å². The number of fused-ring (bicyclic) bond motifs is 1. The Morgan fingerprint density at radius 1 is 1.18 bits per heavy atom. The Balaban J connectivity index is 1.21. The molecular formula is C24H30ClFN6O. The predicted octanol–water partition coefficient (Wildman–Crippen LogP) is 4.66. The van der Waals surface area contributed by atoms with E-state index < -0.39 is 6.17 Å². The number of ether oxygens (including phenoxy) is 1. The minimum atomic E-state index is -0.879. The summed E-state index contributed by atoms with van der Waals surface area (Å²) < 4.78 is 22.5. The molecule has 3 aliphatic heterocycles. The number of hydrogen-bond donors (Lipinski definition) is 2. The first-order valence-corrected chi connectivity index (χ1v) is 12.3. The van der Waals surface area contributed by atoms with E-state index in [1.165, 1.54) is 0 Å². The summed E-state index contributed by atoms with van der Waals surface area (Å²) >= 11 is 6.53. The summed E-state index contributed by atoms with van der Waals surface area (Å²) in [4.78, 5) is 7.03. The number of aromatic nitrogens is 2. The van der Waals surface area contributed by atoms with Crippen LogP contribution in [0.25, 0.3) is 0 Å². The fraction of sp³-hybridized carbons (Fsp3) is 0.583. The quantitative estimate of drug-likeness (QED) is 0.677. The predicted molar refractivity (Wildman–Crippen MR) is 128 cm³/mol. The highest BCUT2D eigenvalue weighted by Gasteiger charge is 2.37. The van der Waals surface area contributed by atoms with Crippen LogP contribution in [0.3, 0.4) is 0 Å². The number of aliphatic imine (C=N–C) groups is 1. The van der Waals surface area contributed by atoms with Gasteiger partial charge in [-0.05, 0) is 56.8 Å². The lowest BCUT2D eigenvalue weighted by molar-refractivity contribution is -0.0807. The molecule has 2 aromatic rings. The number of aryl methyl sites for hydroxylation is 1. The molecule has 3 unspecified atom stereocenters. The first kappa shape index (κ1) is 21.4. The van der Waals surface area contributed by atoms with Gasteiger partial charge in [0.15, 0.2) is 5.15 Å². The standard InChI is InChI=1S/C24H30ClFN6O/c1-13-7-19-14(2)28-24(30-22-9-27-32(23(22)25)15-3-4-15)29-21(19)8-18(13)17-5-6-31(10-20(17)26)16-11-33-12-16/h7-9,14-17,20H,3-6,10-12H2,1-2H3,(H2,28,29,30). The second kappa shape index (κ2) is 8.25. The number of rotatable bonds is 4. The number of nitrogens with one attached hydrogen (secondary N) is 2. The molecule has 0 radical (unpaired) electrons. The zero-order chi connectivity index (χ0) is 22.7. The van der Waals surface area contributed by atoms with Crippen LogP contribution in [0, 0.1) is 6.92 Å². The second-order valence-corrected chi connectivity index (χ2v) is 10.2. The summed E-state index contributed by atoms with van der Waals surface area (Å²) in [5.74, 6) is 0.546. The first-order chi connectivity index (χ1) is 16.0. The minimum Gasteiger partial charge on any atom is -0.378 e. The molecule has 1 aromatic carbocycles. The number of piperidine rings is 1. The molecule has 6 rings (SSSR count). The van der Waals surface area contributed by atoms with Gasteiger partial charge in [0.2, 0.25) is 5.96 Å². The smallest absolute Gasteiger partial charge is 0.201 e. The molecular weight excluding hydrogens is 443 g/mol. The van der Waals surface area contributed by atoms with Crippen molar-refractivity contribution in [1.29, 1.82) is 0 Å². The molecule has 3 fully saturated rings. The Bertz CT molecular complexity index is 1090. The molecule has 0 spiro atoms. The number of guanidine groups is 1. The first-order valence-electron chi connectivity index (χ1n) is 11.9. The molecule has 9 heteroatoms. The maximum atomic E-state index is 15.3. The van der Waals surface area contributed by atoms with Gasteiger partial charge in [-0.1, -0.05) is 17.7 Å². The Morgan fingerprint density at radius 3 is 2.70 bits per heavy atom. The van der Waals surface area contributed by atoms with Crippen LogP contribution < -0.4 is 10.6 Å². The molecule has 1 aromatic heterocycles. The van der Waals surface area contributed by atoms with Gasteiger partial charge in [0.25, 0.3) is 0 Å². The van der Waals surface area contributed by atoms with E-state index >= 15 is 4.39 Å². The summed E-state index contributed by atoms with van der Waals surface area (Å²) in [7, 11) is 0. The van der Waals surface area contributed by atoms with E-state index in [2.05, 4.69) is 46.6 Å². The van der Waals surface area contributed by atoms with Crippen LogP contribution in [0.4, 0.5) is 15.8 Å². The average Bonchev–Trinajstić information content (AvgIpc) is 3.52. The molecule has 4 heterocycles. The Hall–Kier alpha value is -2.16. The third kappa shape index (κ3) is 3.92. The number of halogens is 2. The monoisotopic (exact) mass is 472 g/mol. The highest BCUT2D eigenvalue weighted by Crippen LogP contribution is 2.41. The normalized spacial score (nSPS) is 28.0. The lowest BCUT2D eigenvalue weighted by Crippen LogP contribution is -2.54. The molecule has 3 atom stereocenters. The second-order valence-electron chi connectivity index (χ2n) is 9.82. The number of alkyl halides is 1. The van der Waals surface area contributed by atoms with Gasteiger partial charge in [-0.15, -0.1) is 0 Å². The molecule has 33 heavy (non-hydrogen) atoms. The maximum Gasteiger partial charge on any atom is 0.201 e. The van der Waals surface area contributed by atoms with E-state index in [-0.39, 0.29) is 12.0 Å². The fourth-order valence-corrected chi connectivity index (χ4v) is 5.54. The third-order valence-corrected chi connectivity index (χ3v) is 7.83. The van der Waals surface area contributed by atoms with Crippen molar-refractivity contribution in [2.75, 3.05) is 36.9 Å². The topological polar surface area (TPSA) is 66.7 Å². The highest BCUT2D eigenvalue weighted by molar-refractivity contribution is 6.33. The largest absolute Gasteiger partial charge is 0.378 e. The van der Waals surface area contributed by atoms with Gasteiger partial charge >= 0.3 is 0 Å². The van der Waals surface area contributed by atoms with Gasteiger partial charge in [-0.2, -0.15) is 5.10 Å². The van der Waals surface area contributed by atoms with E-state index in [9.17, 15) is 0 Å². The molecule has 4 aliphatic rings. The Labute approximate surface area is 198 Å². The van der Waals surface area contributed by atoms with E-state index in [0.29, 0.717) is 29.7 Å². The summed E-state index contributed by atoms with van der Waals surface area (Å²) in [6, 6.07) is 5.08. The van der Waals surface area contributed by atoms with Crippen molar-refractivity contribution in [3.63, 3.8) is 0 Å². The van der Waals surface area contributed by atoms with Gasteiger partial charge in [0.05, 0.1) is 43.2 Å². The van der Waals surface area contributed by atoms with Crippen molar-refractivity contribution in [1.82, 2.24) is 14.7 Å². The third-order valence-electron chi connectivity index (χ3n) is 7.45. The van der Waals surface area contributed by atoms with Crippen molar-refractivity contribution in [3.05, 3.63) is 40.2 Å². The van der Waals surface area contributed by atoms with E-state index in [1.54, 1.807) is 6.20 Å². The average molecular weight is 473 g/mol. The van der Waals surface area contributed by atoms with Crippen LogP contribution >= 0.6 is 11.6 Å².